The molecule has 1 amide bonds. The second-order valence-corrected chi connectivity index (χ2v) is 14.5. The molecule has 2 aliphatic rings. The van der Waals surface area contributed by atoms with E-state index in [1.807, 2.05) is 29.2 Å². The van der Waals surface area contributed by atoms with Crippen molar-refractivity contribution in [1.82, 2.24) is 0 Å². The van der Waals surface area contributed by atoms with Crippen LogP contribution in [0.2, 0.25) is 16.6 Å². The van der Waals surface area contributed by atoms with Gasteiger partial charge in [0.1, 0.15) is 11.9 Å². The van der Waals surface area contributed by atoms with E-state index in [0.717, 1.165) is 11.4 Å². The van der Waals surface area contributed by atoms with Gasteiger partial charge >= 0.3 is 0 Å². The molecule has 0 bridgehead atoms. The molecule has 3 rings (SSSR count). The highest BCUT2D eigenvalue weighted by Crippen LogP contribution is 2.49. The van der Waals surface area contributed by atoms with Crippen molar-refractivity contribution >= 4 is 19.9 Å². The smallest absolute Gasteiger partial charge is 0.257 e. The molecule has 0 spiro atoms. The molecule has 0 unspecified atom stereocenters. The summed E-state index contributed by atoms with van der Waals surface area (Å²) in [6.07, 6.45) is 2.13. The molecular weight excluding hydrogens is 354 g/mol. The Balaban J connectivity index is 1.87. The minimum Gasteiger partial charge on any atom is -0.497 e. The van der Waals surface area contributed by atoms with Crippen molar-refractivity contribution in [3.8, 4) is 5.75 Å². The molecule has 0 radical (unpaired) electrons. The van der Waals surface area contributed by atoms with Gasteiger partial charge in [-0.05, 0) is 59.6 Å². The van der Waals surface area contributed by atoms with E-state index in [2.05, 4.69) is 41.5 Å². The Morgan fingerprint density at radius 1 is 0.963 bits per heavy atom. The fourth-order valence-corrected chi connectivity index (χ4v) is 10.7. The first-order valence-electron chi connectivity index (χ1n) is 10.4. The number of rotatable bonds is 8. The molecule has 27 heavy (non-hydrogen) atoms. The molecule has 0 N–H and O–H groups in total. The van der Waals surface area contributed by atoms with Crippen LogP contribution in [0, 0.1) is 5.92 Å². The molecule has 1 aliphatic carbocycles. The summed E-state index contributed by atoms with van der Waals surface area (Å²) in [6, 6.07) is 8.02. The van der Waals surface area contributed by atoms with E-state index in [9.17, 15) is 4.79 Å². The molecule has 1 aromatic carbocycles. The summed E-state index contributed by atoms with van der Waals surface area (Å²) in [7, 11) is -0.414. The van der Waals surface area contributed by atoms with Crippen molar-refractivity contribution < 1.29 is 14.0 Å². The maximum absolute atomic E-state index is 13.2. The van der Waals surface area contributed by atoms with Crippen LogP contribution >= 0.6 is 0 Å². The maximum atomic E-state index is 13.2. The van der Waals surface area contributed by atoms with Gasteiger partial charge in [-0.15, -0.1) is 0 Å². The van der Waals surface area contributed by atoms with E-state index < -0.39 is 8.32 Å². The number of benzene rings is 1. The lowest BCUT2D eigenvalue weighted by Gasteiger charge is -2.53. The molecule has 1 aromatic rings. The number of nitrogens with zero attached hydrogens (tertiary/aromatic N) is 1. The Labute approximate surface area is 165 Å². The summed E-state index contributed by atoms with van der Waals surface area (Å²) in [5, 5.41) is 0. The molecule has 1 aliphatic heterocycles. The van der Waals surface area contributed by atoms with Crippen LogP contribution in [0.5, 0.6) is 5.75 Å². The predicted octanol–water partition coefficient (Wildman–Crippen LogP) is 5.38. The number of hydrogen-bond donors (Lipinski definition) is 0. The van der Waals surface area contributed by atoms with E-state index in [-0.39, 0.29) is 18.1 Å². The van der Waals surface area contributed by atoms with Gasteiger partial charge in [-0.25, -0.2) is 0 Å². The maximum Gasteiger partial charge on any atom is 0.257 e. The van der Waals surface area contributed by atoms with Gasteiger partial charge in [0.25, 0.3) is 5.91 Å². The number of carbonyl (C=O) groups excluding carboxylic acids is 1. The second kappa shape index (κ2) is 7.59. The van der Waals surface area contributed by atoms with Gasteiger partial charge in [0, 0.05) is 5.69 Å². The van der Waals surface area contributed by atoms with E-state index >= 15 is 0 Å². The van der Waals surface area contributed by atoms with Crippen LogP contribution in [-0.2, 0) is 9.22 Å². The number of anilines is 1. The first-order valence-corrected chi connectivity index (χ1v) is 12.5. The van der Waals surface area contributed by atoms with Crippen LogP contribution in [0.1, 0.15) is 54.4 Å². The molecule has 2 atom stereocenters. The average Bonchev–Trinajstić information content (AvgIpc) is 3.44. The summed E-state index contributed by atoms with van der Waals surface area (Å²) >= 11 is 0. The van der Waals surface area contributed by atoms with Crippen molar-refractivity contribution in [3.63, 3.8) is 0 Å². The molecule has 0 aromatic heterocycles. The van der Waals surface area contributed by atoms with Gasteiger partial charge < -0.3 is 14.1 Å². The normalized spacial score (nSPS) is 23.3. The van der Waals surface area contributed by atoms with Crippen LogP contribution in [0.3, 0.4) is 0 Å². The van der Waals surface area contributed by atoms with E-state index in [4.69, 9.17) is 9.16 Å². The number of methoxy groups -OCH3 is 1. The molecule has 1 heterocycles. The van der Waals surface area contributed by atoms with E-state index in [1.165, 1.54) is 12.8 Å². The van der Waals surface area contributed by atoms with Gasteiger partial charge in [-0.1, -0.05) is 41.5 Å². The minimum absolute atomic E-state index is 0.135. The SMILES string of the molecule is COc1ccc(N2C(=O)[C@H](O[Si](C(C)C)(C(C)C)C(C)C)[C@@H]2C2CC2)cc1. The number of hydrogen-bond acceptors (Lipinski definition) is 3. The summed E-state index contributed by atoms with van der Waals surface area (Å²) in [5.74, 6) is 1.53. The summed E-state index contributed by atoms with van der Waals surface area (Å²) in [5.41, 5.74) is 2.42. The highest BCUT2D eigenvalue weighted by Gasteiger charge is 2.59. The Morgan fingerprint density at radius 3 is 1.89 bits per heavy atom. The number of β-lactam (4-membered cyclic amide) rings is 1. The third kappa shape index (κ3) is 3.44. The molecule has 150 valence electrons. The fourth-order valence-electron chi connectivity index (χ4n) is 5.17. The lowest BCUT2D eigenvalue weighted by atomic mass is 9.92. The minimum atomic E-state index is -2.07. The van der Waals surface area contributed by atoms with Crippen LogP contribution in [0.4, 0.5) is 5.69 Å². The largest absolute Gasteiger partial charge is 0.497 e. The third-order valence-electron chi connectivity index (χ3n) is 6.58. The molecular formula is C22H35NO3Si. The van der Waals surface area contributed by atoms with Gasteiger partial charge in [0.15, 0.2) is 0 Å². The average molecular weight is 390 g/mol. The molecule has 2 fully saturated rings. The van der Waals surface area contributed by atoms with E-state index in [1.54, 1.807) is 7.11 Å². The van der Waals surface area contributed by atoms with Crippen LogP contribution < -0.4 is 9.64 Å². The second-order valence-electron chi connectivity index (χ2n) is 9.09. The van der Waals surface area contributed by atoms with Crippen LogP contribution in [0.15, 0.2) is 24.3 Å². The van der Waals surface area contributed by atoms with Crippen molar-refractivity contribution in [3.05, 3.63) is 24.3 Å². The van der Waals surface area contributed by atoms with Crippen molar-refractivity contribution in [2.75, 3.05) is 12.0 Å². The quantitative estimate of drug-likeness (QED) is 0.442. The Hall–Kier alpha value is -1.33. The van der Waals surface area contributed by atoms with Crippen molar-refractivity contribution in [1.29, 1.82) is 0 Å². The number of ether oxygens (including phenoxy) is 1. The topological polar surface area (TPSA) is 38.8 Å². The molecule has 4 nitrogen and oxygen atoms in total. The predicted molar refractivity (Wildman–Crippen MR) is 113 cm³/mol. The standard InChI is InChI=1S/C22H35NO3Si/c1-14(2)27(15(3)4,16(5)6)26-21-20(17-8-9-17)23(22(21)24)18-10-12-19(25-7)13-11-18/h10-17,20-21H,8-9H2,1-7H3/t20-,21+/m0/s1. The molecule has 1 saturated heterocycles. The zero-order valence-electron chi connectivity index (χ0n) is 17.9. The number of amides is 1. The van der Waals surface area contributed by atoms with E-state index in [0.29, 0.717) is 22.5 Å². The lowest BCUT2D eigenvalue weighted by molar-refractivity contribution is -0.136. The van der Waals surface area contributed by atoms with Crippen LogP contribution in [0.25, 0.3) is 0 Å². The first kappa shape index (κ1) is 20.4. The Kier molecular flexibility index (Phi) is 5.73. The molecule has 1 saturated carbocycles. The first-order chi connectivity index (χ1) is 12.7. The Morgan fingerprint density at radius 2 is 1.48 bits per heavy atom. The highest BCUT2D eigenvalue weighted by atomic mass is 28.4. The van der Waals surface area contributed by atoms with Crippen molar-refractivity contribution in [2.45, 2.75) is 83.2 Å². The van der Waals surface area contributed by atoms with Crippen molar-refractivity contribution in [2.24, 2.45) is 5.92 Å². The summed E-state index contributed by atoms with van der Waals surface area (Å²) in [4.78, 5) is 15.2. The summed E-state index contributed by atoms with van der Waals surface area (Å²) in [6.45, 7) is 13.7. The Bertz CT molecular complexity index is 645. The molecule has 5 heteroatoms. The zero-order valence-corrected chi connectivity index (χ0v) is 18.9. The van der Waals surface area contributed by atoms with Gasteiger partial charge in [-0.2, -0.15) is 0 Å². The fraction of sp³-hybridized carbons (Fsp3) is 0.682. The third-order valence-corrected chi connectivity index (χ3v) is 12.7. The van der Waals surface area contributed by atoms with Crippen LogP contribution in [-0.4, -0.2) is 33.5 Å². The summed E-state index contributed by atoms with van der Waals surface area (Å²) < 4.78 is 12.2. The van der Waals surface area contributed by atoms with Gasteiger partial charge in [-0.3, -0.25) is 4.79 Å². The van der Waals surface area contributed by atoms with Gasteiger partial charge in [0.2, 0.25) is 8.32 Å². The zero-order chi connectivity index (χ0) is 19.9. The number of carbonyl (C=O) groups is 1. The lowest BCUT2D eigenvalue weighted by Crippen LogP contribution is -2.70. The highest BCUT2D eigenvalue weighted by molar-refractivity contribution is 6.77. The monoisotopic (exact) mass is 389 g/mol. The van der Waals surface area contributed by atoms with Gasteiger partial charge in [0.05, 0.1) is 13.2 Å².